The van der Waals surface area contributed by atoms with Crippen molar-refractivity contribution in [3.63, 3.8) is 0 Å². The maximum Gasteiger partial charge on any atom is 0.223 e. The smallest absolute Gasteiger partial charge is 0.223 e. The first-order valence-electron chi connectivity index (χ1n) is 11.6. The largest absolute Gasteiger partial charge is 0.493 e. The number of hydrogen-bond acceptors (Lipinski definition) is 3. The van der Waals surface area contributed by atoms with Crippen LogP contribution in [0.2, 0.25) is 0 Å². The van der Waals surface area contributed by atoms with Crippen LogP contribution in [0.5, 0.6) is 5.75 Å². The summed E-state index contributed by atoms with van der Waals surface area (Å²) < 4.78 is 8.30. The molecule has 0 spiro atoms. The summed E-state index contributed by atoms with van der Waals surface area (Å²) in [5.74, 6) is 2.48. The standard InChI is InChI=1S/C26H33N3O2/c1-3-4-15-28-19-21(18-25(28)30)26-27-22-12-6-7-13-23(22)29(26)16-9-10-17-31-24-14-8-5-11-20(24)2/h5-8,11-14,21H,3-4,9-10,15-19H2,1-2H3/t21-/m0/s1. The summed E-state index contributed by atoms with van der Waals surface area (Å²) in [7, 11) is 0. The summed E-state index contributed by atoms with van der Waals surface area (Å²) in [6.07, 6.45) is 4.74. The van der Waals surface area contributed by atoms with Gasteiger partial charge in [0, 0.05) is 32.0 Å². The molecule has 5 heteroatoms. The summed E-state index contributed by atoms with van der Waals surface area (Å²) in [5, 5.41) is 0. The summed E-state index contributed by atoms with van der Waals surface area (Å²) >= 11 is 0. The number of carbonyl (C=O) groups is 1. The maximum atomic E-state index is 12.5. The van der Waals surface area contributed by atoms with Crippen LogP contribution in [0.1, 0.15) is 56.3 Å². The molecule has 164 valence electrons. The van der Waals surface area contributed by atoms with Gasteiger partial charge in [0.25, 0.3) is 0 Å². The normalized spacial score (nSPS) is 16.4. The Bertz CT molecular complexity index is 1030. The minimum absolute atomic E-state index is 0.181. The zero-order valence-electron chi connectivity index (χ0n) is 18.7. The second kappa shape index (κ2) is 9.99. The van der Waals surface area contributed by atoms with Gasteiger partial charge in [-0.2, -0.15) is 0 Å². The first-order valence-corrected chi connectivity index (χ1v) is 11.6. The molecule has 2 heterocycles. The van der Waals surface area contributed by atoms with Crippen molar-refractivity contribution in [2.45, 2.75) is 58.4 Å². The molecule has 0 bridgehead atoms. The molecule has 4 rings (SSSR count). The highest BCUT2D eigenvalue weighted by molar-refractivity contribution is 5.80. The van der Waals surface area contributed by atoms with E-state index >= 15 is 0 Å². The van der Waals surface area contributed by atoms with Gasteiger partial charge in [0.15, 0.2) is 0 Å². The molecule has 1 amide bonds. The number of amides is 1. The van der Waals surface area contributed by atoms with Crippen molar-refractivity contribution in [3.8, 4) is 5.75 Å². The van der Waals surface area contributed by atoms with E-state index < -0.39 is 0 Å². The lowest BCUT2D eigenvalue weighted by Gasteiger charge is -2.17. The maximum absolute atomic E-state index is 12.5. The third-order valence-corrected chi connectivity index (χ3v) is 6.17. The van der Waals surface area contributed by atoms with Crippen LogP contribution in [0.25, 0.3) is 11.0 Å². The molecule has 3 aromatic rings. The average Bonchev–Trinajstić information content (AvgIpc) is 3.33. The lowest BCUT2D eigenvalue weighted by Crippen LogP contribution is -2.26. The summed E-state index contributed by atoms with van der Waals surface area (Å²) in [4.78, 5) is 19.5. The predicted molar refractivity (Wildman–Crippen MR) is 124 cm³/mol. The van der Waals surface area contributed by atoms with E-state index in [4.69, 9.17) is 9.72 Å². The number of fused-ring (bicyclic) bond motifs is 1. The van der Waals surface area contributed by atoms with Crippen LogP contribution in [-0.2, 0) is 11.3 Å². The number of ether oxygens (including phenoxy) is 1. The van der Waals surface area contributed by atoms with Gasteiger partial charge in [0.2, 0.25) is 5.91 Å². The van der Waals surface area contributed by atoms with Crippen molar-refractivity contribution in [1.29, 1.82) is 0 Å². The number of likely N-dealkylation sites (tertiary alicyclic amines) is 1. The van der Waals surface area contributed by atoms with Gasteiger partial charge in [0.05, 0.1) is 17.6 Å². The molecule has 0 aliphatic carbocycles. The van der Waals surface area contributed by atoms with Crippen LogP contribution < -0.4 is 4.74 Å². The van der Waals surface area contributed by atoms with E-state index in [2.05, 4.69) is 42.7 Å². The van der Waals surface area contributed by atoms with E-state index in [-0.39, 0.29) is 11.8 Å². The molecule has 0 saturated carbocycles. The fourth-order valence-corrected chi connectivity index (χ4v) is 4.42. The predicted octanol–water partition coefficient (Wildman–Crippen LogP) is 5.32. The third kappa shape index (κ3) is 4.92. The first-order chi connectivity index (χ1) is 15.2. The number of carbonyl (C=O) groups excluding carboxylic acids is 1. The number of imidazole rings is 1. The van der Waals surface area contributed by atoms with E-state index in [1.165, 1.54) is 5.56 Å². The quantitative estimate of drug-likeness (QED) is 0.418. The number of aryl methyl sites for hydroxylation is 2. The van der Waals surface area contributed by atoms with Gasteiger partial charge in [-0.3, -0.25) is 4.79 Å². The molecule has 31 heavy (non-hydrogen) atoms. The molecule has 1 fully saturated rings. The van der Waals surface area contributed by atoms with E-state index in [1.807, 2.05) is 29.2 Å². The summed E-state index contributed by atoms with van der Waals surface area (Å²) in [6.45, 7) is 7.50. The molecule has 1 aromatic heterocycles. The Morgan fingerprint density at radius 2 is 1.84 bits per heavy atom. The van der Waals surface area contributed by atoms with Gasteiger partial charge in [-0.25, -0.2) is 4.98 Å². The first kappa shape index (κ1) is 21.4. The second-order valence-corrected chi connectivity index (χ2v) is 8.53. The zero-order valence-corrected chi connectivity index (χ0v) is 18.7. The zero-order chi connectivity index (χ0) is 21.6. The van der Waals surface area contributed by atoms with Crippen LogP contribution in [0.15, 0.2) is 48.5 Å². The molecule has 1 aliphatic rings. The number of aromatic nitrogens is 2. The number of benzene rings is 2. The fourth-order valence-electron chi connectivity index (χ4n) is 4.42. The molecule has 0 unspecified atom stereocenters. The molecule has 1 aliphatic heterocycles. The van der Waals surface area contributed by atoms with Crippen LogP contribution in [0, 0.1) is 6.92 Å². The van der Waals surface area contributed by atoms with Crippen molar-refractivity contribution in [2.75, 3.05) is 19.7 Å². The van der Waals surface area contributed by atoms with Crippen LogP contribution >= 0.6 is 0 Å². The van der Waals surface area contributed by atoms with Gasteiger partial charge >= 0.3 is 0 Å². The van der Waals surface area contributed by atoms with Crippen LogP contribution in [0.3, 0.4) is 0 Å². The fraction of sp³-hybridized carbons (Fsp3) is 0.462. The minimum atomic E-state index is 0.181. The summed E-state index contributed by atoms with van der Waals surface area (Å²) in [5.41, 5.74) is 3.36. The monoisotopic (exact) mass is 419 g/mol. The number of para-hydroxylation sites is 3. The van der Waals surface area contributed by atoms with Crippen molar-refractivity contribution < 1.29 is 9.53 Å². The van der Waals surface area contributed by atoms with Gasteiger partial charge in [-0.15, -0.1) is 0 Å². The Balaban J connectivity index is 1.42. The SMILES string of the molecule is CCCCN1C[C@@H](c2nc3ccccc3n2CCCCOc2ccccc2C)CC1=O. The summed E-state index contributed by atoms with van der Waals surface area (Å²) in [6, 6.07) is 16.5. The topological polar surface area (TPSA) is 47.4 Å². The average molecular weight is 420 g/mol. The molecule has 1 atom stereocenters. The van der Waals surface area contributed by atoms with Gasteiger partial charge in [-0.05, 0) is 49.9 Å². The minimum Gasteiger partial charge on any atom is -0.493 e. The number of rotatable bonds is 10. The van der Waals surface area contributed by atoms with Crippen molar-refractivity contribution in [1.82, 2.24) is 14.5 Å². The van der Waals surface area contributed by atoms with Crippen LogP contribution in [0.4, 0.5) is 0 Å². The number of nitrogens with zero attached hydrogens (tertiary/aromatic N) is 3. The molecule has 0 radical (unpaired) electrons. The molecular weight excluding hydrogens is 386 g/mol. The van der Waals surface area contributed by atoms with Crippen molar-refractivity contribution in [2.24, 2.45) is 0 Å². The highest BCUT2D eigenvalue weighted by Gasteiger charge is 2.33. The number of unbranched alkanes of at least 4 members (excludes halogenated alkanes) is 2. The molecule has 0 N–H and O–H groups in total. The lowest BCUT2D eigenvalue weighted by molar-refractivity contribution is -0.127. The Labute approximate surface area is 185 Å². The van der Waals surface area contributed by atoms with Crippen molar-refractivity contribution in [3.05, 3.63) is 59.9 Å². The molecule has 5 nitrogen and oxygen atoms in total. The molecule has 2 aromatic carbocycles. The Hall–Kier alpha value is -2.82. The Morgan fingerprint density at radius 3 is 2.68 bits per heavy atom. The highest BCUT2D eigenvalue weighted by Crippen LogP contribution is 2.31. The highest BCUT2D eigenvalue weighted by atomic mass is 16.5. The van der Waals surface area contributed by atoms with Crippen molar-refractivity contribution >= 4 is 16.9 Å². The van der Waals surface area contributed by atoms with E-state index in [0.29, 0.717) is 13.0 Å². The molecule has 1 saturated heterocycles. The van der Waals surface area contributed by atoms with Gasteiger partial charge in [-0.1, -0.05) is 43.7 Å². The third-order valence-electron chi connectivity index (χ3n) is 6.17. The van der Waals surface area contributed by atoms with Crippen LogP contribution in [-0.4, -0.2) is 40.1 Å². The Morgan fingerprint density at radius 1 is 1.03 bits per heavy atom. The van der Waals surface area contributed by atoms with E-state index in [9.17, 15) is 4.79 Å². The lowest BCUT2D eigenvalue weighted by atomic mass is 10.1. The number of hydrogen-bond donors (Lipinski definition) is 0. The van der Waals surface area contributed by atoms with Gasteiger partial charge < -0.3 is 14.2 Å². The Kier molecular flexibility index (Phi) is 6.90. The van der Waals surface area contributed by atoms with Gasteiger partial charge in [0.1, 0.15) is 11.6 Å². The second-order valence-electron chi connectivity index (χ2n) is 8.53. The van der Waals surface area contributed by atoms with E-state index in [0.717, 1.165) is 67.9 Å². The van der Waals surface area contributed by atoms with E-state index in [1.54, 1.807) is 0 Å². The molecular formula is C26H33N3O2.